The van der Waals surface area contributed by atoms with Gasteiger partial charge in [0.15, 0.2) is 5.82 Å². The lowest BCUT2D eigenvalue weighted by atomic mass is 9.79. The van der Waals surface area contributed by atoms with E-state index in [1.165, 1.54) is 0 Å². The number of hydrogen-bond donors (Lipinski definition) is 1. The molecule has 1 aromatic heterocycles. The highest BCUT2D eigenvalue weighted by molar-refractivity contribution is 5.75. The van der Waals surface area contributed by atoms with E-state index in [4.69, 9.17) is 9.26 Å². The SMILES string of the molecule is CC(C)N1CC2CCC(C1)C2O[C@H]1CCCC(F)(F)[C@@H]1NC(=O)N1CCC(C)(c2noc([C@@H]3C[C@@H]3F)n2)CC1. The smallest absolute Gasteiger partial charge is 0.317 e. The molecule has 11 heteroatoms. The fourth-order valence-corrected chi connectivity index (χ4v) is 7.23. The number of piperidine rings is 2. The lowest BCUT2D eigenvalue weighted by molar-refractivity contribution is -0.161. The molecule has 5 aliphatic rings. The Morgan fingerprint density at radius 2 is 1.79 bits per heavy atom. The van der Waals surface area contributed by atoms with Crippen molar-refractivity contribution in [2.75, 3.05) is 26.2 Å². The Kier molecular flexibility index (Phi) is 7.13. The van der Waals surface area contributed by atoms with Gasteiger partial charge in [0.25, 0.3) is 5.92 Å². The fraction of sp³-hybridized carbons (Fsp3) is 0.893. The molecule has 39 heavy (non-hydrogen) atoms. The van der Waals surface area contributed by atoms with Gasteiger partial charge in [0.2, 0.25) is 5.89 Å². The first kappa shape index (κ1) is 27.3. The molecule has 1 N–H and O–H groups in total. The standard InChI is InChI=1S/C28H42F3N5O3/c1-16(2)36-14-17-6-7-18(15-36)22(17)38-21-5-4-8-28(30,31)23(21)32-26(37)35-11-9-27(3,10-12-35)25-33-24(39-34-25)19-13-20(19)29/h16-23H,4-15H2,1-3H3,(H,32,37)/t17?,18?,19-,20+,21+,22?,23-/m1/s1. The predicted molar refractivity (Wildman–Crippen MR) is 137 cm³/mol. The topological polar surface area (TPSA) is 83.7 Å². The number of likely N-dealkylation sites (tertiary alicyclic amines) is 2. The van der Waals surface area contributed by atoms with Crippen LogP contribution in [0.15, 0.2) is 4.52 Å². The Morgan fingerprint density at radius 1 is 1.13 bits per heavy atom. The van der Waals surface area contributed by atoms with Crippen LogP contribution >= 0.6 is 0 Å². The molecule has 3 heterocycles. The summed E-state index contributed by atoms with van der Waals surface area (Å²) in [5.41, 5.74) is -0.413. The number of carbonyl (C=O) groups excluding carboxylic acids is 1. The highest BCUT2D eigenvalue weighted by atomic mass is 19.3. The molecule has 6 atom stereocenters. The quantitative estimate of drug-likeness (QED) is 0.552. The van der Waals surface area contributed by atoms with Gasteiger partial charge in [-0.3, -0.25) is 0 Å². The number of hydrogen-bond acceptors (Lipinski definition) is 6. The molecule has 1 aromatic rings. The van der Waals surface area contributed by atoms with Gasteiger partial charge in [-0.1, -0.05) is 12.1 Å². The average Bonchev–Trinajstić information content (AvgIpc) is 3.31. The van der Waals surface area contributed by atoms with Crippen LogP contribution in [0.5, 0.6) is 0 Å². The number of ether oxygens (including phenoxy) is 1. The van der Waals surface area contributed by atoms with E-state index in [0.717, 1.165) is 25.9 Å². The van der Waals surface area contributed by atoms with Gasteiger partial charge in [-0.15, -0.1) is 0 Å². The zero-order valence-corrected chi connectivity index (χ0v) is 23.3. The van der Waals surface area contributed by atoms with Gasteiger partial charge in [0.05, 0.1) is 18.1 Å². The Hall–Kier alpha value is -1.88. The number of amides is 2. The van der Waals surface area contributed by atoms with Crippen molar-refractivity contribution in [2.45, 2.75) is 120 Å². The fourth-order valence-electron chi connectivity index (χ4n) is 7.23. The van der Waals surface area contributed by atoms with Gasteiger partial charge in [0.1, 0.15) is 12.2 Å². The summed E-state index contributed by atoms with van der Waals surface area (Å²) in [6.45, 7) is 9.09. The van der Waals surface area contributed by atoms with Crippen LogP contribution in [0, 0.1) is 11.8 Å². The minimum atomic E-state index is -3.02. The number of nitrogens with zero attached hydrogens (tertiary/aromatic N) is 4. The van der Waals surface area contributed by atoms with E-state index in [0.29, 0.717) is 74.8 Å². The number of urea groups is 1. The lowest BCUT2D eigenvalue weighted by Gasteiger charge is -2.45. The van der Waals surface area contributed by atoms with Crippen LogP contribution in [0.3, 0.4) is 0 Å². The van der Waals surface area contributed by atoms with Crippen LogP contribution in [-0.4, -0.2) is 88.5 Å². The number of rotatable bonds is 6. The van der Waals surface area contributed by atoms with E-state index in [-0.39, 0.29) is 18.4 Å². The van der Waals surface area contributed by atoms with Crippen LogP contribution in [0.2, 0.25) is 0 Å². The molecule has 3 aliphatic carbocycles. The van der Waals surface area contributed by atoms with Crippen molar-refractivity contribution in [3.05, 3.63) is 11.7 Å². The van der Waals surface area contributed by atoms with E-state index >= 15 is 8.78 Å². The van der Waals surface area contributed by atoms with E-state index in [1.807, 2.05) is 6.92 Å². The molecule has 0 spiro atoms. The second-order valence-electron chi connectivity index (χ2n) is 13.2. The van der Waals surface area contributed by atoms with Gasteiger partial charge in [-0.05, 0) is 70.6 Å². The zero-order chi connectivity index (χ0) is 27.5. The average molecular weight is 554 g/mol. The molecule has 0 aromatic carbocycles. The molecule has 2 unspecified atom stereocenters. The zero-order valence-electron chi connectivity index (χ0n) is 23.3. The first-order valence-electron chi connectivity index (χ1n) is 14.8. The minimum absolute atomic E-state index is 0.0165. The van der Waals surface area contributed by atoms with Gasteiger partial charge in [-0.2, -0.15) is 4.98 Å². The van der Waals surface area contributed by atoms with Crippen molar-refractivity contribution in [1.29, 1.82) is 0 Å². The summed E-state index contributed by atoms with van der Waals surface area (Å²) in [5.74, 6) is -1.72. The van der Waals surface area contributed by atoms with Crippen molar-refractivity contribution in [2.24, 2.45) is 11.8 Å². The third kappa shape index (κ3) is 5.29. The molecule has 2 aliphatic heterocycles. The van der Waals surface area contributed by atoms with E-state index in [9.17, 15) is 9.18 Å². The van der Waals surface area contributed by atoms with E-state index < -0.39 is 35.7 Å². The molecule has 2 amide bonds. The first-order valence-corrected chi connectivity index (χ1v) is 14.8. The summed E-state index contributed by atoms with van der Waals surface area (Å²) in [4.78, 5) is 21.8. The Bertz CT molecular complexity index is 1030. The summed E-state index contributed by atoms with van der Waals surface area (Å²) >= 11 is 0. The number of nitrogens with one attached hydrogen (secondary N) is 1. The van der Waals surface area contributed by atoms with Crippen LogP contribution in [-0.2, 0) is 10.2 Å². The molecule has 218 valence electrons. The summed E-state index contributed by atoms with van der Waals surface area (Å²) in [6.07, 6.45) is 2.77. The highest BCUT2D eigenvalue weighted by Crippen LogP contribution is 2.45. The van der Waals surface area contributed by atoms with E-state index in [2.05, 4.69) is 34.2 Å². The summed E-state index contributed by atoms with van der Waals surface area (Å²) in [6, 6.07) is -1.34. The van der Waals surface area contributed by atoms with Crippen LogP contribution in [0.4, 0.5) is 18.0 Å². The van der Waals surface area contributed by atoms with Crippen LogP contribution in [0.25, 0.3) is 0 Å². The van der Waals surface area contributed by atoms with E-state index in [1.54, 1.807) is 4.90 Å². The molecule has 5 fully saturated rings. The Labute approximate surface area is 228 Å². The van der Waals surface area contributed by atoms with Gasteiger partial charge in [0, 0.05) is 44.1 Å². The molecule has 6 rings (SSSR count). The maximum atomic E-state index is 15.2. The largest absolute Gasteiger partial charge is 0.372 e. The highest BCUT2D eigenvalue weighted by Gasteiger charge is 2.52. The van der Waals surface area contributed by atoms with Crippen molar-refractivity contribution in [3.63, 3.8) is 0 Å². The van der Waals surface area contributed by atoms with Gasteiger partial charge in [-0.25, -0.2) is 18.0 Å². The Morgan fingerprint density at radius 3 is 2.41 bits per heavy atom. The summed E-state index contributed by atoms with van der Waals surface area (Å²) in [5, 5.41) is 6.80. The van der Waals surface area contributed by atoms with Gasteiger partial charge < -0.3 is 24.4 Å². The second kappa shape index (κ2) is 10.2. The number of aromatic nitrogens is 2. The molecule has 8 nitrogen and oxygen atoms in total. The summed E-state index contributed by atoms with van der Waals surface area (Å²) < 4.78 is 55.7. The molecular formula is C28H42F3N5O3. The first-order chi connectivity index (χ1) is 18.5. The molecule has 0 radical (unpaired) electrons. The van der Waals surface area contributed by atoms with Crippen LogP contribution < -0.4 is 5.32 Å². The van der Waals surface area contributed by atoms with Crippen molar-refractivity contribution < 1.29 is 27.2 Å². The molecule has 3 saturated carbocycles. The lowest BCUT2D eigenvalue weighted by Crippen LogP contribution is -2.62. The monoisotopic (exact) mass is 553 g/mol. The normalized spacial score (nSPS) is 37.7. The molecular weight excluding hydrogens is 511 g/mol. The number of carbonyl (C=O) groups is 1. The van der Waals surface area contributed by atoms with Crippen molar-refractivity contribution in [1.82, 2.24) is 25.3 Å². The third-order valence-electron chi connectivity index (χ3n) is 10.1. The number of halogens is 3. The predicted octanol–water partition coefficient (Wildman–Crippen LogP) is 4.65. The summed E-state index contributed by atoms with van der Waals surface area (Å²) in [7, 11) is 0. The van der Waals surface area contributed by atoms with Crippen LogP contribution in [0.1, 0.15) is 89.8 Å². The molecule has 2 bridgehead atoms. The Balaban J connectivity index is 1.08. The second-order valence-corrected chi connectivity index (χ2v) is 13.2. The maximum absolute atomic E-state index is 15.2. The number of alkyl halides is 3. The minimum Gasteiger partial charge on any atom is -0.372 e. The maximum Gasteiger partial charge on any atom is 0.317 e. The van der Waals surface area contributed by atoms with Crippen molar-refractivity contribution >= 4 is 6.03 Å². The van der Waals surface area contributed by atoms with Gasteiger partial charge >= 0.3 is 6.03 Å². The van der Waals surface area contributed by atoms with Crippen molar-refractivity contribution in [3.8, 4) is 0 Å². The molecule has 2 saturated heterocycles. The third-order valence-corrected chi connectivity index (χ3v) is 10.1. The number of fused-ring (bicyclic) bond motifs is 2.